The molecule has 10 heteroatoms. The number of benzene rings is 1. The molecule has 0 aliphatic rings. The molecule has 2 rings (SSSR count). The molecule has 0 N–H and O–H groups in total. The van der Waals surface area contributed by atoms with E-state index >= 15 is 0 Å². The van der Waals surface area contributed by atoms with Gasteiger partial charge in [-0.3, -0.25) is 4.79 Å². The van der Waals surface area contributed by atoms with Crippen LogP contribution in [0.1, 0.15) is 0 Å². The van der Waals surface area contributed by atoms with Crippen LogP contribution in [0, 0.1) is 0 Å². The number of aromatic nitrogens is 2. The fourth-order valence-corrected chi connectivity index (χ4v) is 2.63. The predicted molar refractivity (Wildman–Crippen MR) is 89.8 cm³/mol. The number of alkyl halides is 3. The average Bonchev–Trinajstić information content (AvgIpc) is 3.07. The maximum atomic E-state index is 12.5. The molecule has 0 saturated carbocycles. The Labute approximate surface area is 152 Å². The third kappa shape index (κ3) is 5.80. The summed E-state index contributed by atoms with van der Waals surface area (Å²) in [6.45, 7) is 1.83. The SMILES string of the molecule is C=CCN(CC(F)(F)F)C(=O)CSc1nnc(-c2ccc(OC)cc2)o1. The van der Waals surface area contributed by atoms with Gasteiger partial charge < -0.3 is 14.1 Å². The molecule has 6 nitrogen and oxygen atoms in total. The fraction of sp³-hybridized carbons (Fsp3) is 0.312. The van der Waals surface area contributed by atoms with Crippen LogP contribution >= 0.6 is 11.8 Å². The van der Waals surface area contributed by atoms with Crippen molar-refractivity contribution in [3.8, 4) is 17.2 Å². The fourth-order valence-electron chi connectivity index (χ4n) is 1.96. The van der Waals surface area contributed by atoms with Gasteiger partial charge in [0.2, 0.25) is 11.8 Å². The lowest BCUT2D eigenvalue weighted by Gasteiger charge is -2.22. The smallest absolute Gasteiger partial charge is 0.406 e. The van der Waals surface area contributed by atoms with E-state index in [0.29, 0.717) is 16.2 Å². The molecule has 1 heterocycles. The highest BCUT2D eigenvalue weighted by Gasteiger charge is 2.32. The van der Waals surface area contributed by atoms with Crippen LogP contribution in [0.3, 0.4) is 0 Å². The monoisotopic (exact) mass is 387 g/mol. The van der Waals surface area contributed by atoms with Gasteiger partial charge in [-0.05, 0) is 24.3 Å². The zero-order valence-electron chi connectivity index (χ0n) is 13.8. The van der Waals surface area contributed by atoms with Gasteiger partial charge in [0.05, 0.1) is 12.9 Å². The quantitative estimate of drug-likeness (QED) is 0.511. The Kier molecular flexibility index (Phi) is 6.67. The van der Waals surface area contributed by atoms with Crippen molar-refractivity contribution in [3.63, 3.8) is 0 Å². The molecule has 0 atom stereocenters. The Bertz CT molecular complexity index is 747. The number of methoxy groups -OCH3 is 1. The van der Waals surface area contributed by atoms with Crippen LogP contribution < -0.4 is 4.74 Å². The molecule has 0 aliphatic carbocycles. The molecule has 0 spiro atoms. The average molecular weight is 387 g/mol. The maximum absolute atomic E-state index is 12.5. The number of amides is 1. The second kappa shape index (κ2) is 8.75. The van der Waals surface area contributed by atoms with Crippen LogP contribution in [0.5, 0.6) is 5.75 Å². The molecule has 0 radical (unpaired) electrons. The highest BCUT2D eigenvalue weighted by molar-refractivity contribution is 7.99. The van der Waals surface area contributed by atoms with Crippen molar-refractivity contribution in [1.29, 1.82) is 0 Å². The van der Waals surface area contributed by atoms with Crippen LogP contribution in [0.4, 0.5) is 13.2 Å². The van der Waals surface area contributed by atoms with Gasteiger partial charge in [0.25, 0.3) is 5.22 Å². The molecule has 26 heavy (non-hydrogen) atoms. The van der Waals surface area contributed by atoms with Gasteiger partial charge >= 0.3 is 6.18 Å². The minimum absolute atomic E-state index is 0.0923. The van der Waals surface area contributed by atoms with Gasteiger partial charge in [-0.2, -0.15) is 13.2 Å². The number of carbonyl (C=O) groups excluding carboxylic acids is 1. The summed E-state index contributed by atoms with van der Waals surface area (Å²) in [5.74, 6) is -0.0496. The van der Waals surface area contributed by atoms with Gasteiger partial charge in [0.1, 0.15) is 12.3 Å². The first-order chi connectivity index (χ1) is 12.3. The minimum Gasteiger partial charge on any atom is -0.497 e. The first-order valence-electron chi connectivity index (χ1n) is 7.38. The van der Waals surface area contributed by atoms with Crippen LogP contribution in [0.15, 0.2) is 46.6 Å². The van der Waals surface area contributed by atoms with Crippen molar-refractivity contribution in [2.45, 2.75) is 11.4 Å². The van der Waals surface area contributed by atoms with Crippen LogP contribution in [0.25, 0.3) is 11.5 Å². The number of ether oxygens (including phenoxy) is 1. The summed E-state index contributed by atoms with van der Waals surface area (Å²) in [5, 5.41) is 7.74. The summed E-state index contributed by atoms with van der Waals surface area (Å²) in [5.41, 5.74) is 0.654. The molecule has 1 aromatic heterocycles. The molecule has 0 bridgehead atoms. The van der Waals surface area contributed by atoms with Gasteiger partial charge in [0, 0.05) is 12.1 Å². The molecule has 1 amide bonds. The minimum atomic E-state index is -4.48. The number of carbonyl (C=O) groups is 1. The van der Waals surface area contributed by atoms with E-state index in [0.717, 1.165) is 11.8 Å². The summed E-state index contributed by atoms with van der Waals surface area (Å²) < 4.78 is 48.0. The number of thioether (sulfide) groups is 1. The molecular weight excluding hydrogens is 371 g/mol. The Hall–Kier alpha value is -2.49. The van der Waals surface area contributed by atoms with Crippen molar-refractivity contribution in [2.24, 2.45) is 0 Å². The predicted octanol–water partition coefficient (Wildman–Crippen LogP) is 3.41. The molecule has 0 fully saturated rings. The second-order valence-electron chi connectivity index (χ2n) is 5.07. The molecule has 0 aliphatic heterocycles. The Morgan fingerprint density at radius 3 is 2.62 bits per heavy atom. The molecule has 0 saturated heterocycles. The topological polar surface area (TPSA) is 68.5 Å². The lowest BCUT2D eigenvalue weighted by atomic mass is 10.2. The molecule has 1 aromatic carbocycles. The maximum Gasteiger partial charge on any atom is 0.406 e. The molecule has 140 valence electrons. The Balaban J connectivity index is 1.97. The summed E-state index contributed by atoms with van der Waals surface area (Å²) in [4.78, 5) is 12.7. The van der Waals surface area contributed by atoms with E-state index in [-0.39, 0.29) is 23.4 Å². The number of hydrogen-bond acceptors (Lipinski definition) is 6. The summed E-state index contributed by atoms with van der Waals surface area (Å²) in [6.07, 6.45) is -3.24. The highest BCUT2D eigenvalue weighted by atomic mass is 32.2. The van der Waals surface area contributed by atoms with Gasteiger partial charge in [0.15, 0.2) is 0 Å². The van der Waals surface area contributed by atoms with E-state index < -0.39 is 18.6 Å². The molecule has 2 aromatic rings. The third-order valence-corrected chi connectivity index (χ3v) is 3.94. The zero-order chi connectivity index (χ0) is 19.2. The van der Waals surface area contributed by atoms with Crippen molar-refractivity contribution in [1.82, 2.24) is 15.1 Å². The van der Waals surface area contributed by atoms with Gasteiger partial charge in [-0.15, -0.1) is 16.8 Å². The number of hydrogen-bond donors (Lipinski definition) is 0. The lowest BCUT2D eigenvalue weighted by molar-refractivity contribution is -0.158. The van der Waals surface area contributed by atoms with Crippen LogP contribution in [0.2, 0.25) is 0 Å². The van der Waals surface area contributed by atoms with E-state index in [4.69, 9.17) is 9.15 Å². The summed E-state index contributed by atoms with van der Waals surface area (Å²) >= 11 is 0.874. The van der Waals surface area contributed by atoms with E-state index in [1.165, 1.54) is 6.08 Å². The number of halogens is 3. The first kappa shape index (κ1) is 19.8. The van der Waals surface area contributed by atoms with E-state index in [1.54, 1.807) is 31.4 Å². The molecule has 0 unspecified atom stereocenters. The second-order valence-corrected chi connectivity index (χ2v) is 6.00. The first-order valence-corrected chi connectivity index (χ1v) is 8.37. The van der Waals surface area contributed by atoms with Gasteiger partial charge in [-0.1, -0.05) is 17.8 Å². The highest BCUT2D eigenvalue weighted by Crippen LogP contribution is 2.25. The summed E-state index contributed by atoms with van der Waals surface area (Å²) in [7, 11) is 1.54. The van der Waals surface area contributed by atoms with Crippen molar-refractivity contribution < 1.29 is 27.1 Å². The lowest BCUT2D eigenvalue weighted by Crippen LogP contribution is -2.40. The standard InChI is InChI=1S/C16H16F3N3O3S/c1-3-8-22(10-16(17,18)19)13(23)9-26-15-21-20-14(25-15)11-4-6-12(24-2)7-5-11/h3-7H,1,8-10H2,2H3. The van der Waals surface area contributed by atoms with Crippen molar-refractivity contribution in [2.75, 3.05) is 26.0 Å². The van der Waals surface area contributed by atoms with E-state index in [1.807, 2.05) is 0 Å². The number of rotatable bonds is 8. The largest absolute Gasteiger partial charge is 0.497 e. The van der Waals surface area contributed by atoms with E-state index in [9.17, 15) is 18.0 Å². The van der Waals surface area contributed by atoms with E-state index in [2.05, 4.69) is 16.8 Å². The Morgan fingerprint density at radius 1 is 1.35 bits per heavy atom. The summed E-state index contributed by atoms with van der Waals surface area (Å²) in [6, 6.07) is 6.89. The van der Waals surface area contributed by atoms with Crippen LogP contribution in [-0.4, -0.2) is 53.1 Å². The number of nitrogens with zero attached hydrogens (tertiary/aromatic N) is 3. The van der Waals surface area contributed by atoms with Crippen molar-refractivity contribution in [3.05, 3.63) is 36.9 Å². The van der Waals surface area contributed by atoms with Crippen LogP contribution in [-0.2, 0) is 4.79 Å². The Morgan fingerprint density at radius 2 is 2.04 bits per heavy atom. The van der Waals surface area contributed by atoms with Gasteiger partial charge in [-0.25, -0.2) is 0 Å². The third-order valence-electron chi connectivity index (χ3n) is 3.13. The normalized spacial score (nSPS) is 11.2. The zero-order valence-corrected chi connectivity index (χ0v) is 14.6. The molecular formula is C16H16F3N3O3S. The van der Waals surface area contributed by atoms with Crippen molar-refractivity contribution >= 4 is 17.7 Å².